The molecule has 0 aromatic carbocycles. The van der Waals surface area contributed by atoms with Gasteiger partial charge < -0.3 is 5.32 Å². The molecule has 4 nitrogen and oxygen atoms in total. The Kier molecular flexibility index (Phi) is 4.58. The second-order valence-electron chi connectivity index (χ2n) is 4.58. The largest absolute Gasteiger partial charge is 0.351 e. The fourth-order valence-electron chi connectivity index (χ4n) is 2.07. The number of hydrogen-bond donors (Lipinski definition) is 1. The predicted octanol–water partition coefficient (Wildman–Crippen LogP) is 3.33. The van der Waals surface area contributed by atoms with E-state index in [1.807, 2.05) is 29.7 Å². The van der Waals surface area contributed by atoms with Crippen LogP contribution in [-0.4, -0.2) is 21.8 Å². The molecule has 0 spiro atoms. The molecule has 0 saturated heterocycles. The summed E-state index contributed by atoms with van der Waals surface area (Å²) in [4.78, 5) is 16.6. The SMILES string of the molecule is CCCCCNC(=O)c1c(C)nc2ccc(Br)cn12. The van der Waals surface area contributed by atoms with Crippen molar-refractivity contribution in [3.63, 3.8) is 0 Å². The van der Waals surface area contributed by atoms with Crippen LogP contribution in [0.4, 0.5) is 0 Å². The first-order valence-corrected chi connectivity index (χ1v) is 7.35. The van der Waals surface area contributed by atoms with Crippen LogP contribution in [0.15, 0.2) is 22.8 Å². The standard InChI is InChI=1S/C14H18BrN3O/c1-3-4-5-8-16-14(19)13-10(2)17-12-7-6-11(15)9-18(12)13/h6-7,9H,3-5,8H2,1-2H3,(H,16,19). The fourth-order valence-corrected chi connectivity index (χ4v) is 2.41. The first kappa shape index (κ1) is 14.1. The van der Waals surface area contributed by atoms with Gasteiger partial charge in [-0.1, -0.05) is 19.8 Å². The quantitative estimate of drug-likeness (QED) is 0.858. The van der Waals surface area contributed by atoms with Gasteiger partial charge in [0, 0.05) is 17.2 Å². The third-order valence-electron chi connectivity index (χ3n) is 3.04. The van der Waals surface area contributed by atoms with E-state index in [2.05, 4.69) is 33.2 Å². The van der Waals surface area contributed by atoms with Crippen molar-refractivity contribution in [1.29, 1.82) is 0 Å². The van der Waals surface area contributed by atoms with Crippen molar-refractivity contribution in [1.82, 2.24) is 14.7 Å². The Morgan fingerprint density at radius 3 is 2.95 bits per heavy atom. The van der Waals surface area contributed by atoms with Crippen LogP contribution in [-0.2, 0) is 0 Å². The van der Waals surface area contributed by atoms with Crippen LogP contribution in [0.2, 0.25) is 0 Å². The van der Waals surface area contributed by atoms with Crippen molar-refractivity contribution in [2.45, 2.75) is 33.1 Å². The van der Waals surface area contributed by atoms with Gasteiger partial charge in [-0.15, -0.1) is 0 Å². The molecule has 0 aliphatic carbocycles. The van der Waals surface area contributed by atoms with Gasteiger partial charge in [-0.3, -0.25) is 9.20 Å². The number of pyridine rings is 1. The summed E-state index contributed by atoms with van der Waals surface area (Å²) in [5.74, 6) is -0.0563. The van der Waals surface area contributed by atoms with E-state index in [0.29, 0.717) is 12.2 Å². The number of hydrogen-bond acceptors (Lipinski definition) is 2. The molecule has 19 heavy (non-hydrogen) atoms. The molecule has 1 N–H and O–H groups in total. The molecule has 1 amide bonds. The molecule has 102 valence electrons. The molecule has 5 heteroatoms. The van der Waals surface area contributed by atoms with Crippen LogP contribution < -0.4 is 5.32 Å². The molecule has 2 heterocycles. The van der Waals surface area contributed by atoms with Crippen LogP contribution in [0.1, 0.15) is 42.4 Å². The van der Waals surface area contributed by atoms with Gasteiger partial charge in [0.2, 0.25) is 0 Å². The highest BCUT2D eigenvalue weighted by Crippen LogP contribution is 2.16. The van der Waals surface area contributed by atoms with Crippen molar-refractivity contribution >= 4 is 27.5 Å². The van der Waals surface area contributed by atoms with Crippen molar-refractivity contribution in [3.05, 3.63) is 34.2 Å². The smallest absolute Gasteiger partial charge is 0.270 e. The summed E-state index contributed by atoms with van der Waals surface area (Å²) in [5, 5.41) is 2.96. The average molecular weight is 324 g/mol. The molecule has 0 aliphatic heterocycles. The van der Waals surface area contributed by atoms with Crippen molar-refractivity contribution in [3.8, 4) is 0 Å². The Morgan fingerprint density at radius 1 is 1.42 bits per heavy atom. The monoisotopic (exact) mass is 323 g/mol. The number of aromatic nitrogens is 2. The summed E-state index contributed by atoms with van der Waals surface area (Å²) < 4.78 is 2.76. The van der Waals surface area contributed by atoms with Gasteiger partial charge in [-0.2, -0.15) is 0 Å². The summed E-state index contributed by atoms with van der Waals surface area (Å²) in [7, 11) is 0. The highest BCUT2D eigenvalue weighted by molar-refractivity contribution is 9.10. The van der Waals surface area contributed by atoms with Gasteiger partial charge in [0.15, 0.2) is 0 Å². The van der Waals surface area contributed by atoms with Gasteiger partial charge in [0.25, 0.3) is 5.91 Å². The zero-order valence-corrected chi connectivity index (χ0v) is 12.8. The average Bonchev–Trinajstić information content (AvgIpc) is 2.70. The van der Waals surface area contributed by atoms with Gasteiger partial charge in [0.05, 0.1) is 5.69 Å². The molecule has 0 bridgehead atoms. The second kappa shape index (κ2) is 6.19. The summed E-state index contributed by atoms with van der Waals surface area (Å²) in [6.45, 7) is 4.73. The Hall–Kier alpha value is -1.36. The molecule has 0 atom stereocenters. The Labute approximate surface area is 121 Å². The summed E-state index contributed by atoms with van der Waals surface area (Å²) >= 11 is 3.42. The van der Waals surface area contributed by atoms with E-state index < -0.39 is 0 Å². The highest BCUT2D eigenvalue weighted by Gasteiger charge is 2.16. The number of nitrogens with zero attached hydrogens (tertiary/aromatic N) is 2. The third kappa shape index (κ3) is 3.15. The fraction of sp³-hybridized carbons (Fsp3) is 0.429. The van der Waals surface area contributed by atoms with Gasteiger partial charge in [-0.05, 0) is 41.4 Å². The Bertz CT molecular complexity index is 592. The van der Waals surface area contributed by atoms with E-state index >= 15 is 0 Å². The van der Waals surface area contributed by atoms with Crippen LogP contribution in [0.25, 0.3) is 5.65 Å². The number of carbonyl (C=O) groups is 1. The van der Waals surface area contributed by atoms with E-state index in [0.717, 1.165) is 35.1 Å². The zero-order chi connectivity index (χ0) is 13.8. The molecular formula is C14H18BrN3O. The lowest BCUT2D eigenvalue weighted by molar-refractivity contribution is 0.0946. The Morgan fingerprint density at radius 2 is 2.21 bits per heavy atom. The number of imidazole rings is 1. The van der Waals surface area contributed by atoms with Crippen LogP contribution >= 0.6 is 15.9 Å². The topological polar surface area (TPSA) is 46.4 Å². The number of nitrogens with one attached hydrogen (secondary N) is 1. The van der Waals surface area contributed by atoms with Gasteiger partial charge in [-0.25, -0.2) is 4.98 Å². The van der Waals surface area contributed by atoms with Crippen LogP contribution in [0.3, 0.4) is 0 Å². The molecular weight excluding hydrogens is 306 g/mol. The van der Waals surface area contributed by atoms with E-state index in [4.69, 9.17) is 0 Å². The summed E-state index contributed by atoms with van der Waals surface area (Å²) in [6, 6.07) is 3.82. The molecule has 0 unspecified atom stereocenters. The third-order valence-corrected chi connectivity index (χ3v) is 3.51. The lowest BCUT2D eigenvalue weighted by Crippen LogP contribution is -2.26. The molecule has 2 rings (SSSR count). The highest BCUT2D eigenvalue weighted by atomic mass is 79.9. The maximum Gasteiger partial charge on any atom is 0.270 e. The molecule has 2 aromatic heterocycles. The second-order valence-corrected chi connectivity index (χ2v) is 5.50. The van der Waals surface area contributed by atoms with Crippen molar-refractivity contribution < 1.29 is 4.79 Å². The maximum absolute atomic E-state index is 12.2. The molecule has 2 aromatic rings. The van der Waals surface area contributed by atoms with E-state index in [-0.39, 0.29) is 5.91 Å². The van der Waals surface area contributed by atoms with Crippen LogP contribution in [0, 0.1) is 6.92 Å². The van der Waals surface area contributed by atoms with Crippen molar-refractivity contribution in [2.24, 2.45) is 0 Å². The minimum atomic E-state index is -0.0563. The predicted molar refractivity (Wildman–Crippen MR) is 79.5 cm³/mol. The normalized spacial score (nSPS) is 10.9. The number of carbonyl (C=O) groups excluding carboxylic acids is 1. The molecule has 0 fully saturated rings. The lowest BCUT2D eigenvalue weighted by Gasteiger charge is -2.05. The number of unbranched alkanes of at least 4 members (excludes halogenated alkanes) is 2. The number of fused-ring (bicyclic) bond motifs is 1. The molecule has 0 radical (unpaired) electrons. The van der Waals surface area contributed by atoms with E-state index in [9.17, 15) is 4.79 Å². The molecule has 0 aliphatic rings. The number of aryl methyl sites for hydroxylation is 1. The summed E-state index contributed by atoms with van der Waals surface area (Å²) in [6.07, 6.45) is 5.17. The minimum absolute atomic E-state index is 0.0563. The van der Waals surface area contributed by atoms with Gasteiger partial charge in [0.1, 0.15) is 11.3 Å². The summed E-state index contributed by atoms with van der Waals surface area (Å²) in [5.41, 5.74) is 2.17. The zero-order valence-electron chi connectivity index (χ0n) is 11.2. The number of rotatable bonds is 5. The number of amides is 1. The van der Waals surface area contributed by atoms with E-state index in [1.54, 1.807) is 0 Å². The van der Waals surface area contributed by atoms with Crippen molar-refractivity contribution in [2.75, 3.05) is 6.54 Å². The lowest BCUT2D eigenvalue weighted by atomic mass is 10.2. The first-order chi connectivity index (χ1) is 9.13. The first-order valence-electron chi connectivity index (χ1n) is 6.56. The van der Waals surface area contributed by atoms with E-state index in [1.165, 1.54) is 0 Å². The maximum atomic E-state index is 12.2. The Balaban J connectivity index is 2.21. The molecule has 0 saturated carbocycles. The van der Waals surface area contributed by atoms with Gasteiger partial charge >= 0.3 is 0 Å². The minimum Gasteiger partial charge on any atom is -0.351 e. The van der Waals surface area contributed by atoms with Crippen LogP contribution in [0.5, 0.6) is 0 Å². The number of halogens is 1.